The molecule has 7 nitrogen and oxygen atoms in total. The van der Waals surface area contributed by atoms with Crippen molar-refractivity contribution in [1.82, 2.24) is 14.9 Å². The number of carbonyl (C=O) groups is 2. The third-order valence-corrected chi connectivity index (χ3v) is 3.15. The van der Waals surface area contributed by atoms with Crippen LogP contribution in [0.15, 0.2) is 6.20 Å². The number of amides is 1. The Kier molecular flexibility index (Phi) is 2.07. The largest absolute Gasteiger partial charge is 0.481 e. The fraction of sp³-hybridized carbons (Fsp3) is 0.500. The molecule has 0 spiro atoms. The van der Waals surface area contributed by atoms with Gasteiger partial charge in [0.05, 0.1) is 12.2 Å². The van der Waals surface area contributed by atoms with E-state index in [1.165, 1.54) is 0 Å². The second-order valence-corrected chi connectivity index (χ2v) is 4.16. The van der Waals surface area contributed by atoms with Gasteiger partial charge in [0.2, 0.25) is 5.91 Å². The molecule has 1 amide bonds. The minimum absolute atomic E-state index is 0.312. The van der Waals surface area contributed by atoms with E-state index in [2.05, 4.69) is 10.3 Å². The van der Waals surface area contributed by atoms with Crippen LogP contribution in [0.5, 0.6) is 6.01 Å². The molecule has 7 heteroatoms. The van der Waals surface area contributed by atoms with Crippen molar-refractivity contribution in [3.8, 4) is 6.01 Å². The average Bonchev–Trinajstić information content (AvgIpc) is 2.88. The lowest BCUT2D eigenvalue weighted by Crippen LogP contribution is -2.26. The third-order valence-electron chi connectivity index (χ3n) is 3.15. The molecule has 2 aliphatic rings. The summed E-state index contributed by atoms with van der Waals surface area (Å²) >= 11 is 0. The number of ether oxygens (including phenoxy) is 1. The third kappa shape index (κ3) is 1.46. The SMILES string of the molecule is O=C(O)C1C(=O)NCC1c1cn2c(n1)OCC2. The van der Waals surface area contributed by atoms with Gasteiger partial charge in [-0.15, -0.1) is 0 Å². The number of imidazole rings is 1. The van der Waals surface area contributed by atoms with Crippen LogP contribution >= 0.6 is 0 Å². The molecule has 1 aromatic rings. The highest BCUT2D eigenvalue weighted by molar-refractivity contribution is 5.99. The van der Waals surface area contributed by atoms with Gasteiger partial charge in [0, 0.05) is 18.7 Å². The lowest BCUT2D eigenvalue weighted by molar-refractivity contribution is -0.145. The Labute approximate surface area is 96.4 Å². The zero-order valence-corrected chi connectivity index (χ0v) is 8.92. The second kappa shape index (κ2) is 3.47. The molecular formula is C10H11N3O4. The molecule has 17 heavy (non-hydrogen) atoms. The van der Waals surface area contributed by atoms with E-state index in [9.17, 15) is 9.59 Å². The molecule has 0 aliphatic carbocycles. The summed E-state index contributed by atoms with van der Waals surface area (Å²) in [6.07, 6.45) is 1.77. The van der Waals surface area contributed by atoms with E-state index in [0.717, 1.165) is 0 Å². The van der Waals surface area contributed by atoms with Gasteiger partial charge in [0.25, 0.3) is 6.01 Å². The van der Waals surface area contributed by atoms with Gasteiger partial charge in [-0.1, -0.05) is 0 Å². The summed E-state index contributed by atoms with van der Waals surface area (Å²) in [4.78, 5) is 26.7. The first-order chi connectivity index (χ1) is 8.16. The van der Waals surface area contributed by atoms with Crippen molar-refractivity contribution in [2.45, 2.75) is 12.5 Å². The molecule has 2 unspecified atom stereocenters. The average molecular weight is 237 g/mol. The molecule has 2 N–H and O–H groups in total. The number of nitrogens with one attached hydrogen (secondary N) is 1. The van der Waals surface area contributed by atoms with E-state index < -0.39 is 23.7 Å². The minimum atomic E-state index is -1.11. The molecule has 3 rings (SSSR count). The Balaban J connectivity index is 1.92. The lowest BCUT2D eigenvalue weighted by atomic mass is 9.93. The highest BCUT2D eigenvalue weighted by Gasteiger charge is 2.42. The maximum absolute atomic E-state index is 11.4. The molecule has 3 heterocycles. The molecule has 0 saturated carbocycles. The van der Waals surface area contributed by atoms with Crippen LogP contribution in [-0.4, -0.2) is 39.7 Å². The van der Waals surface area contributed by atoms with Crippen LogP contribution in [-0.2, 0) is 16.1 Å². The predicted molar refractivity (Wildman–Crippen MR) is 54.6 cm³/mol. The van der Waals surface area contributed by atoms with Crippen LogP contribution in [0.3, 0.4) is 0 Å². The van der Waals surface area contributed by atoms with Gasteiger partial charge >= 0.3 is 5.97 Å². The molecular weight excluding hydrogens is 226 g/mol. The number of fused-ring (bicyclic) bond motifs is 1. The van der Waals surface area contributed by atoms with Crippen molar-refractivity contribution in [1.29, 1.82) is 0 Å². The van der Waals surface area contributed by atoms with Crippen LogP contribution in [0.4, 0.5) is 0 Å². The molecule has 0 radical (unpaired) electrons. The number of rotatable bonds is 2. The summed E-state index contributed by atoms with van der Waals surface area (Å²) in [7, 11) is 0. The number of nitrogens with zero attached hydrogens (tertiary/aromatic N) is 2. The summed E-state index contributed by atoms with van der Waals surface area (Å²) in [5, 5.41) is 11.6. The quantitative estimate of drug-likeness (QED) is 0.656. The van der Waals surface area contributed by atoms with Gasteiger partial charge < -0.3 is 15.2 Å². The smallest absolute Gasteiger partial charge is 0.316 e. The summed E-state index contributed by atoms with van der Waals surface area (Å²) in [6, 6.07) is 0.503. The van der Waals surface area contributed by atoms with Gasteiger partial charge in [0.15, 0.2) is 0 Å². The normalized spacial score (nSPS) is 26.5. The zero-order valence-electron chi connectivity index (χ0n) is 8.92. The van der Waals surface area contributed by atoms with Crippen molar-refractivity contribution in [2.24, 2.45) is 5.92 Å². The number of hydrogen-bond donors (Lipinski definition) is 2. The van der Waals surface area contributed by atoms with Crippen LogP contribution < -0.4 is 10.1 Å². The van der Waals surface area contributed by atoms with Gasteiger partial charge in [0.1, 0.15) is 12.5 Å². The first-order valence-corrected chi connectivity index (χ1v) is 5.37. The highest BCUT2D eigenvalue weighted by Crippen LogP contribution is 2.31. The van der Waals surface area contributed by atoms with Crippen molar-refractivity contribution in [3.63, 3.8) is 0 Å². The van der Waals surface area contributed by atoms with Gasteiger partial charge in [-0.2, -0.15) is 4.98 Å². The molecule has 1 aromatic heterocycles. The monoisotopic (exact) mass is 237 g/mol. The maximum atomic E-state index is 11.4. The van der Waals surface area contributed by atoms with E-state index in [0.29, 0.717) is 31.4 Å². The first-order valence-electron chi connectivity index (χ1n) is 5.37. The lowest BCUT2D eigenvalue weighted by Gasteiger charge is -2.09. The topological polar surface area (TPSA) is 93.4 Å². The van der Waals surface area contributed by atoms with E-state index >= 15 is 0 Å². The number of carboxylic acid groups (broad SMARTS) is 1. The minimum Gasteiger partial charge on any atom is -0.481 e. The molecule has 2 atom stereocenters. The second-order valence-electron chi connectivity index (χ2n) is 4.16. The fourth-order valence-corrected chi connectivity index (χ4v) is 2.29. The molecule has 0 bridgehead atoms. The van der Waals surface area contributed by atoms with Crippen LogP contribution in [0.1, 0.15) is 11.6 Å². The van der Waals surface area contributed by atoms with E-state index in [1.807, 2.05) is 4.57 Å². The highest BCUT2D eigenvalue weighted by atomic mass is 16.5. The van der Waals surface area contributed by atoms with Crippen molar-refractivity contribution in [3.05, 3.63) is 11.9 Å². The van der Waals surface area contributed by atoms with Gasteiger partial charge in [-0.3, -0.25) is 14.2 Å². The Morgan fingerprint density at radius 3 is 3.18 bits per heavy atom. The van der Waals surface area contributed by atoms with E-state index in [1.54, 1.807) is 6.20 Å². The molecule has 2 aliphatic heterocycles. The van der Waals surface area contributed by atoms with Crippen LogP contribution in [0.25, 0.3) is 0 Å². The van der Waals surface area contributed by atoms with E-state index in [4.69, 9.17) is 9.84 Å². The number of carboxylic acids is 1. The van der Waals surface area contributed by atoms with Gasteiger partial charge in [-0.05, 0) is 0 Å². The van der Waals surface area contributed by atoms with Crippen molar-refractivity contribution >= 4 is 11.9 Å². The number of aliphatic carboxylic acids is 1. The first kappa shape index (κ1) is 10.1. The Morgan fingerprint density at radius 2 is 2.47 bits per heavy atom. The van der Waals surface area contributed by atoms with Crippen molar-refractivity contribution < 1.29 is 19.4 Å². The van der Waals surface area contributed by atoms with E-state index in [-0.39, 0.29) is 0 Å². The molecule has 1 fully saturated rings. The summed E-state index contributed by atoms with van der Waals surface area (Å²) in [6.45, 7) is 1.62. The van der Waals surface area contributed by atoms with Gasteiger partial charge in [-0.25, -0.2) is 0 Å². The summed E-state index contributed by atoms with van der Waals surface area (Å²) < 4.78 is 7.09. The Bertz CT molecular complexity index is 474. The Hall–Kier alpha value is -2.05. The number of hydrogen-bond acceptors (Lipinski definition) is 4. The molecule has 0 aromatic carbocycles. The summed E-state index contributed by atoms with van der Waals surface area (Å²) in [5.41, 5.74) is 0.602. The Morgan fingerprint density at radius 1 is 1.65 bits per heavy atom. The maximum Gasteiger partial charge on any atom is 0.316 e. The standard InChI is InChI=1S/C10H11N3O4/c14-8-7(9(15)16)5(3-11-8)6-4-13-1-2-17-10(13)12-6/h4-5,7H,1-3H2,(H,11,14)(H,15,16). The fourth-order valence-electron chi connectivity index (χ4n) is 2.29. The summed E-state index contributed by atoms with van der Waals surface area (Å²) in [5.74, 6) is -3.03. The number of carbonyl (C=O) groups excluding carboxylic acids is 1. The number of aromatic nitrogens is 2. The molecule has 90 valence electrons. The predicted octanol–water partition coefficient (Wildman–Crippen LogP) is -0.810. The van der Waals surface area contributed by atoms with Crippen molar-refractivity contribution in [2.75, 3.05) is 13.2 Å². The van der Waals surface area contributed by atoms with Crippen LogP contribution in [0.2, 0.25) is 0 Å². The zero-order chi connectivity index (χ0) is 12.0. The molecule has 1 saturated heterocycles. The van der Waals surface area contributed by atoms with Crippen LogP contribution in [0, 0.1) is 5.92 Å².